The van der Waals surface area contributed by atoms with E-state index in [9.17, 15) is 24.3 Å². The Morgan fingerprint density at radius 2 is 1.51 bits per heavy atom. The van der Waals surface area contributed by atoms with E-state index < -0.39 is 48.2 Å². The molecule has 55 heavy (non-hydrogen) atoms. The van der Waals surface area contributed by atoms with Crippen LogP contribution in [0, 0.1) is 0 Å². The molecular formula is C40H50N8O6S. The van der Waals surface area contributed by atoms with Gasteiger partial charge in [-0.2, -0.15) is 0 Å². The predicted octanol–water partition coefficient (Wildman–Crippen LogP) is 5.12. The van der Waals surface area contributed by atoms with E-state index in [1.54, 1.807) is 42.7 Å². The number of hydrogen-bond acceptors (Lipinski definition) is 10. The van der Waals surface area contributed by atoms with Gasteiger partial charge in [0, 0.05) is 34.8 Å². The quantitative estimate of drug-likeness (QED) is 0.0257. The van der Waals surface area contributed by atoms with E-state index in [0.717, 1.165) is 33.7 Å². The van der Waals surface area contributed by atoms with Crippen molar-refractivity contribution < 1.29 is 29.0 Å². The van der Waals surface area contributed by atoms with Crippen LogP contribution in [-0.2, 0) is 26.2 Å². The second-order valence-corrected chi connectivity index (χ2v) is 15.2. The fraction of sp³-hybridized carbons (Fsp3) is 0.375. The number of unbranched alkanes of at least 4 members (excludes halogenated alkanes) is 4. The number of hydrazone groups is 1. The Bertz CT molecular complexity index is 1920. The Morgan fingerprint density at radius 1 is 0.855 bits per heavy atom. The number of carboxylic acid groups (broad SMARTS) is 1. The number of carboxylic acids is 1. The third kappa shape index (κ3) is 12.9. The number of nitrogens with zero attached hydrogens (tertiary/aromatic N) is 3. The molecule has 8 N–H and O–H groups in total. The molecule has 1 unspecified atom stereocenters. The lowest BCUT2D eigenvalue weighted by atomic mass is 9.95. The Labute approximate surface area is 325 Å². The molecule has 0 aliphatic carbocycles. The first-order valence-electron chi connectivity index (χ1n) is 18.2. The number of carbonyl (C=O) groups is 4. The van der Waals surface area contributed by atoms with E-state index in [4.69, 9.17) is 16.3 Å². The summed E-state index contributed by atoms with van der Waals surface area (Å²) < 4.78 is 5.88. The van der Waals surface area contributed by atoms with Gasteiger partial charge in [-0.05, 0) is 47.2 Å². The second-order valence-electron chi connectivity index (χ2n) is 14.1. The number of nitrogens with one attached hydrogen (secondary N) is 3. The number of nitrogens with two attached hydrogens (primary N) is 2. The van der Waals surface area contributed by atoms with Crippen LogP contribution in [0.15, 0.2) is 78.2 Å². The zero-order valence-corrected chi connectivity index (χ0v) is 32.4. The number of guanidine groups is 1. The molecule has 292 valence electrons. The first kappa shape index (κ1) is 41.9. The number of aliphatic carboxylic acids is 1. The number of amides is 3. The van der Waals surface area contributed by atoms with Crippen molar-refractivity contribution in [1.29, 1.82) is 0 Å². The zero-order chi connectivity index (χ0) is 40.0. The lowest BCUT2D eigenvalue weighted by Gasteiger charge is -2.21. The molecule has 4 aromatic rings. The molecule has 0 fully saturated rings. The van der Waals surface area contributed by atoms with Crippen molar-refractivity contribution in [2.24, 2.45) is 16.7 Å². The minimum atomic E-state index is -1.63. The van der Waals surface area contributed by atoms with E-state index in [1.165, 1.54) is 37.0 Å². The van der Waals surface area contributed by atoms with Gasteiger partial charge in [0.05, 0.1) is 17.9 Å². The fourth-order valence-electron chi connectivity index (χ4n) is 5.48. The average molecular weight is 771 g/mol. The van der Waals surface area contributed by atoms with E-state index in [0.29, 0.717) is 22.9 Å². The Balaban J connectivity index is 1.45. The van der Waals surface area contributed by atoms with Crippen molar-refractivity contribution >= 4 is 41.0 Å². The summed E-state index contributed by atoms with van der Waals surface area (Å²) in [5, 5.41) is 20.2. The van der Waals surface area contributed by atoms with Crippen molar-refractivity contribution in [3.05, 3.63) is 88.4 Å². The lowest BCUT2D eigenvalue weighted by molar-refractivity contribution is -0.143. The summed E-state index contributed by atoms with van der Waals surface area (Å²) in [6.45, 7) is 8.98. The number of rotatable bonds is 18. The standard InChI is InChI=1S/C40H50N8O6S/c1-5-6-7-8-9-20-54-29-16-14-26(15-17-29)28-23-43-35(44-24-28)27-12-10-25(11-13-27)21-30(45-37(51)32-18-19-33(55-32)40(2,3)4)36(50)46-31(38(52)53)22-34(49)47-39(41)48-42/h10-19,23-24,30-31H,5-9,20-22,42H2,1-4H3,(H,45,51)(H,46,50)(H,52,53)(H3,41,47,48,49)/t30?,31-/m0/s1. The maximum atomic E-state index is 13.6. The maximum absolute atomic E-state index is 13.6. The Hall–Kier alpha value is -5.83. The lowest BCUT2D eigenvalue weighted by Crippen LogP contribution is -2.53. The minimum absolute atomic E-state index is 0.0129. The summed E-state index contributed by atoms with van der Waals surface area (Å²) in [5.41, 5.74) is 8.43. The zero-order valence-electron chi connectivity index (χ0n) is 31.6. The topological polar surface area (TPSA) is 224 Å². The molecule has 0 aliphatic heterocycles. The fourth-order valence-corrected chi connectivity index (χ4v) is 6.44. The molecule has 2 atom stereocenters. The van der Waals surface area contributed by atoms with Crippen LogP contribution in [-0.4, -0.2) is 63.4 Å². The highest BCUT2D eigenvalue weighted by atomic mass is 32.1. The predicted molar refractivity (Wildman–Crippen MR) is 213 cm³/mol. The normalized spacial score (nSPS) is 12.7. The molecule has 0 spiro atoms. The van der Waals surface area contributed by atoms with Crippen LogP contribution < -0.4 is 32.3 Å². The molecule has 15 heteroatoms. The van der Waals surface area contributed by atoms with E-state index >= 15 is 0 Å². The van der Waals surface area contributed by atoms with Gasteiger partial charge in [-0.3, -0.25) is 19.7 Å². The van der Waals surface area contributed by atoms with Crippen molar-refractivity contribution in [3.63, 3.8) is 0 Å². The van der Waals surface area contributed by atoms with Gasteiger partial charge in [0.15, 0.2) is 5.82 Å². The molecule has 0 saturated carbocycles. The van der Waals surface area contributed by atoms with Crippen molar-refractivity contribution in [1.82, 2.24) is 25.9 Å². The van der Waals surface area contributed by atoms with E-state index in [2.05, 4.69) is 37.9 Å². The van der Waals surface area contributed by atoms with Gasteiger partial charge in [-0.1, -0.05) is 89.8 Å². The summed E-state index contributed by atoms with van der Waals surface area (Å²) in [6.07, 6.45) is 8.77. The summed E-state index contributed by atoms with van der Waals surface area (Å²) in [6, 6.07) is 15.7. The van der Waals surface area contributed by atoms with Gasteiger partial charge in [-0.25, -0.2) is 14.8 Å². The van der Waals surface area contributed by atoms with Crippen LogP contribution in [0.1, 0.15) is 86.3 Å². The van der Waals surface area contributed by atoms with E-state index in [-0.39, 0.29) is 11.8 Å². The third-order valence-corrected chi connectivity index (χ3v) is 10.1. The molecule has 2 aromatic heterocycles. The van der Waals surface area contributed by atoms with Crippen molar-refractivity contribution in [2.75, 3.05) is 6.61 Å². The molecule has 3 amide bonds. The molecule has 0 aliphatic rings. The second kappa shape index (κ2) is 20.0. The number of thiophene rings is 1. The minimum Gasteiger partial charge on any atom is -0.494 e. The number of hydrogen-bond donors (Lipinski definition) is 6. The van der Waals surface area contributed by atoms with Crippen LogP contribution in [0.3, 0.4) is 0 Å². The van der Waals surface area contributed by atoms with Gasteiger partial charge in [0.1, 0.15) is 17.8 Å². The summed E-state index contributed by atoms with van der Waals surface area (Å²) >= 11 is 1.30. The van der Waals surface area contributed by atoms with Gasteiger partial charge < -0.3 is 32.1 Å². The van der Waals surface area contributed by atoms with Gasteiger partial charge >= 0.3 is 5.97 Å². The third-order valence-electron chi connectivity index (χ3n) is 8.61. The van der Waals surface area contributed by atoms with Crippen molar-refractivity contribution in [2.45, 2.75) is 90.1 Å². The van der Waals surface area contributed by atoms with Crippen LogP contribution >= 0.6 is 11.3 Å². The number of ether oxygens (including phenoxy) is 1. The van der Waals surface area contributed by atoms with Crippen LogP contribution in [0.5, 0.6) is 5.75 Å². The number of carbonyl (C=O) groups excluding carboxylic acids is 3. The van der Waals surface area contributed by atoms with E-state index in [1.807, 2.05) is 51.1 Å². The first-order chi connectivity index (χ1) is 26.3. The van der Waals surface area contributed by atoms with Crippen LogP contribution in [0.2, 0.25) is 0 Å². The van der Waals surface area contributed by atoms with Gasteiger partial charge in [0.25, 0.3) is 5.91 Å². The van der Waals surface area contributed by atoms with Gasteiger partial charge in [0.2, 0.25) is 17.8 Å². The summed E-state index contributed by atoms with van der Waals surface area (Å²) in [7, 11) is 0. The number of aromatic nitrogens is 2. The van der Waals surface area contributed by atoms with Gasteiger partial charge in [-0.15, -0.1) is 16.4 Å². The molecule has 4 rings (SSSR count). The molecule has 14 nitrogen and oxygen atoms in total. The first-order valence-corrected chi connectivity index (χ1v) is 19.0. The van der Waals surface area contributed by atoms with Crippen molar-refractivity contribution in [3.8, 4) is 28.3 Å². The monoisotopic (exact) mass is 770 g/mol. The largest absolute Gasteiger partial charge is 0.494 e. The summed E-state index contributed by atoms with van der Waals surface area (Å²) in [4.78, 5) is 61.8. The molecule has 2 aromatic carbocycles. The highest BCUT2D eigenvalue weighted by Gasteiger charge is 2.30. The molecule has 0 radical (unpaired) electrons. The Kier molecular flexibility index (Phi) is 15.3. The highest BCUT2D eigenvalue weighted by Crippen LogP contribution is 2.29. The smallest absolute Gasteiger partial charge is 0.326 e. The number of benzene rings is 2. The molecular weight excluding hydrogens is 721 g/mol. The summed E-state index contributed by atoms with van der Waals surface area (Å²) in [5.74, 6) is 2.35. The Morgan fingerprint density at radius 3 is 2.11 bits per heavy atom. The molecule has 2 heterocycles. The van der Waals surface area contributed by atoms with Crippen LogP contribution in [0.25, 0.3) is 22.5 Å². The molecule has 0 saturated heterocycles. The highest BCUT2D eigenvalue weighted by molar-refractivity contribution is 7.14. The SMILES string of the molecule is CCCCCCCOc1ccc(-c2cnc(-c3ccc(CC(NC(=O)c4ccc(C(C)(C)C)s4)C(=O)N[C@@H](CC(=O)N/C(N)=N/N)C(=O)O)cc3)nc2)cc1. The van der Waals surface area contributed by atoms with Crippen LogP contribution in [0.4, 0.5) is 0 Å². The average Bonchev–Trinajstić information content (AvgIpc) is 3.68. The molecule has 0 bridgehead atoms. The maximum Gasteiger partial charge on any atom is 0.326 e.